The van der Waals surface area contributed by atoms with Crippen LogP contribution in [0, 0.1) is 0 Å². The molecule has 0 amide bonds. The summed E-state index contributed by atoms with van der Waals surface area (Å²) >= 11 is 17.0. The molecule has 1 aromatic heterocycles. The molecule has 0 spiro atoms. The molecule has 2 rings (SSSR count). The fourth-order valence-electron chi connectivity index (χ4n) is 1.46. The van der Waals surface area contributed by atoms with Crippen LogP contribution in [0.3, 0.4) is 0 Å². The van der Waals surface area contributed by atoms with Crippen molar-refractivity contribution in [2.75, 3.05) is 0 Å². The summed E-state index contributed by atoms with van der Waals surface area (Å²) in [5, 5.41) is 3.28. The fraction of sp³-hybridized carbons (Fsp3) is 0.444. The highest BCUT2D eigenvalue weighted by molar-refractivity contribution is 6.63. The minimum absolute atomic E-state index is 0.0204. The molecule has 8 heteroatoms. The summed E-state index contributed by atoms with van der Waals surface area (Å²) in [4.78, 5) is 22.9. The van der Waals surface area contributed by atoms with Crippen molar-refractivity contribution >= 4 is 45.2 Å². The lowest BCUT2D eigenvalue weighted by atomic mass is 10.4. The Kier molecular flexibility index (Phi) is 3.34. The van der Waals surface area contributed by atoms with Gasteiger partial charge in [0.05, 0.1) is 5.03 Å². The fourth-order valence-corrected chi connectivity index (χ4v) is 1.78. The van der Waals surface area contributed by atoms with Gasteiger partial charge in [-0.2, -0.15) is 0 Å². The minimum atomic E-state index is -0.965. The van der Waals surface area contributed by atoms with Crippen molar-refractivity contribution in [2.24, 2.45) is 0 Å². The van der Waals surface area contributed by atoms with E-state index in [1.54, 1.807) is 6.92 Å². The number of hydrogen-bond acceptors (Lipinski definition) is 3. The Bertz CT molecular complexity index is 565. The first-order chi connectivity index (χ1) is 7.93. The van der Waals surface area contributed by atoms with Crippen LogP contribution in [-0.2, 0) is 0 Å². The second-order valence-corrected chi connectivity index (χ2v) is 4.99. The quantitative estimate of drug-likeness (QED) is 0.789. The molecule has 1 heterocycles. The van der Waals surface area contributed by atoms with Gasteiger partial charge >= 0.3 is 11.1 Å². The number of nitrogens with zero attached hydrogens (tertiary/aromatic N) is 3. The molecule has 5 nitrogen and oxygen atoms in total. The van der Waals surface area contributed by atoms with Gasteiger partial charge in [0.15, 0.2) is 5.82 Å². The summed E-state index contributed by atoms with van der Waals surface area (Å²) in [6.45, 7) is 1.58. The number of hydrogen-bond donors (Lipinski definition) is 0. The van der Waals surface area contributed by atoms with E-state index >= 15 is 0 Å². The first kappa shape index (κ1) is 12.7. The Morgan fingerprint density at radius 1 is 1.35 bits per heavy atom. The molecule has 0 aliphatic heterocycles. The highest BCUT2D eigenvalue weighted by Gasteiger charge is 2.32. The number of carbonyl (C=O) groups is 1. The molecule has 0 atom stereocenters. The number of aromatic nitrogens is 3. The van der Waals surface area contributed by atoms with E-state index in [1.165, 1.54) is 4.57 Å². The first-order valence-electron chi connectivity index (χ1n) is 4.87. The van der Waals surface area contributed by atoms with Crippen LogP contribution >= 0.6 is 34.8 Å². The van der Waals surface area contributed by atoms with Crippen LogP contribution in [0.2, 0.25) is 0 Å². The Balaban J connectivity index is 2.66. The van der Waals surface area contributed by atoms with Crippen LogP contribution in [0.15, 0.2) is 9.83 Å². The van der Waals surface area contributed by atoms with Gasteiger partial charge in [-0.3, -0.25) is 9.36 Å². The zero-order valence-corrected chi connectivity index (χ0v) is 11.1. The number of rotatable bonds is 2. The summed E-state index contributed by atoms with van der Waals surface area (Å²) in [5.41, 5.74) is -0.585. The number of carbonyl (C=O) groups excluding carboxylic acids is 1. The van der Waals surface area contributed by atoms with Gasteiger partial charge in [-0.15, -0.1) is 9.78 Å². The predicted molar refractivity (Wildman–Crippen MR) is 65.7 cm³/mol. The lowest BCUT2D eigenvalue weighted by Crippen LogP contribution is -2.26. The Morgan fingerprint density at radius 2 is 1.94 bits per heavy atom. The largest absolute Gasteiger partial charge is 0.354 e. The highest BCUT2D eigenvalue weighted by Crippen LogP contribution is 2.36. The van der Waals surface area contributed by atoms with Gasteiger partial charge in [0.2, 0.25) is 0 Å². The molecule has 1 aliphatic rings. The zero-order valence-electron chi connectivity index (χ0n) is 8.78. The zero-order chi connectivity index (χ0) is 12.7. The van der Waals surface area contributed by atoms with E-state index in [4.69, 9.17) is 34.8 Å². The van der Waals surface area contributed by atoms with Crippen molar-refractivity contribution in [3.63, 3.8) is 0 Å². The van der Waals surface area contributed by atoms with Gasteiger partial charge in [-0.05, 0) is 31.4 Å². The topological polar surface area (TPSA) is 56.9 Å². The molecule has 1 fully saturated rings. The second-order valence-electron chi connectivity index (χ2n) is 3.72. The third-order valence-corrected chi connectivity index (χ3v) is 3.29. The molecule has 92 valence electrons. The maximum atomic E-state index is 11.9. The standard InChI is InChI=1S/C9H8Cl3N3O2/c1-4(10)6(11)7-13-15(8(12)16)9(17)14(7)5-2-3-5/h5H,2-3H2,1H3. The van der Waals surface area contributed by atoms with Crippen LogP contribution in [0.25, 0.3) is 5.03 Å². The summed E-state index contributed by atoms with van der Waals surface area (Å²) in [6.07, 6.45) is 1.70. The predicted octanol–water partition coefficient (Wildman–Crippen LogP) is 2.75. The summed E-state index contributed by atoms with van der Waals surface area (Å²) in [7, 11) is 0. The molecule has 0 saturated heterocycles. The first-order valence-corrected chi connectivity index (χ1v) is 6.00. The Hall–Kier alpha value is -0.780. The molecule has 0 bridgehead atoms. The summed E-state index contributed by atoms with van der Waals surface area (Å²) < 4.78 is 1.94. The molecular formula is C9H8Cl3N3O2. The molecular weight excluding hydrogens is 288 g/mol. The van der Waals surface area contributed by atoms with Crippen LogP contribution in [0.1, 0.15) is 31.6 Å². The maximum absolute atomic E-state index is 11.9. The molecule has 1 aliphatic carbocycles. The van der Waals surface area contributed by atoms with E-state index in [0.29, 0.717) is 9.71 Å². The lowest BCUT2D eigenvalue weighted by Gasteiger charge is -2.02. The van der Waals surface area contributed by atoms with Gasteiger partial charge in [0, 0.05) is 11.1 Å². The smallest absolute Gasteiger partial charge is 0.271 e. The van der Waals surface area contributed by atoms with Crippen molar-refractivity contribution in [3.05, 3.63) is 21.3 Å². The summed E-state index contributed by atoms with van der Waals surface area (Å²) in [6, 6.07) is 0.0204. The van der Waals surface area contributed by atoms with E-state index < -0.39 is 11.1 Å². The van der Waals surface area contributed by atoms with Crippen LogP contribution in [-0.4, -0.2) is 19.7 Å². The van der Waals surface area contributed by atoms with Crippen molar-refractivity contribution in [1.82, 2.24) is 14.3 Å². The van der Waals surface area contributed by atoms with E-state index in [1.807, 2.05) is 0 Å². The van der Waals surface area contributed by atoms with Crippen molar-refractivity contribution in [3.8, 4) is 0 Å². The van der Waals surface area contributed by atoms with Gasteiger partial charge in [-0.1, -0.05) is 23.2 Å². The molecule has 1 saturated carbocycles. The summed E-state index contributed by atoms with van der Waals surface area (Å²) in [5.74, 6) is 0.181. The third-order valence-electron chi connectivity index (χ3n) is 2.39. The van der Waals surface area contributed by atoms with Crippen LogP contribution in [0.5, 0.6) is 0 Å². The van der Waals surface area contributed by atoms with Crippen molar-refractivity contribution in [2.45, 2.75) is 25.8 Å². The third kappa shape index (κ3) is 2.27. The average Bonchev–Trinajstić information content (AvgIpc) is 3.01. The van der Waals surface area contributed by atoms with E-state index in [2.05, 4.69) is 5.10 Å². The van der Waals surface area contributed by atoms with Crippen LogP contribution in [0.4, 0.5) is 4.79 Å². The van der Waals surface area contributed by atoms with E-state index in [0.717, 1.165) is 12.8 Å². The minimum Gasteiger partial charge on any atom is -0.271 e. The monoisotopic (exact) mass is 295 g/mol. The SMILES string of the molecule is CC(Cl)=C(Cl)c1nn(C(=O)Cl)c(=O)n1C1CC1. The van der Waals surface area contributed by atoms with Gasteiger partial charge in [0.1, 0.15) is 0 Å². The Morgan fingerprint density at radius 3 is 2.35 bits per heavy atom. The van der Waals surface area contributed by atoms with Gasteiger partial charge in [-0.25, -0.2) is 4.79 Å². The lowest BCUT2D eigenvalue weighted by molar-refractivity contribution is 0.257. The van der Waals surface area contributed by atoms with E-state index in [9.17, 15) is 9.59 Å². The number of allylic oxidation sites excluding steroid dienone is 1. The molecule has 0 unspecified atom stereocenters. The molecule has 0 N–H and O–H groups in total. The molecule has 17 heavy (non-hydrogen) atoms. The Labute approximate surface area is 112 Å². The second kappa shape index (κ2) is 4.48. The normalized spacial score (nSPS) is 16.9. The van der Waals surface area contributed by atoms with Crippen molar-refractivity contribution in [1.29, 1.82) is 0 Å². The molecule has 0 radical (unpaired) electrons. The highest BCUT2D eigenvalue weighted by atomic mass is 35.5. The van der Waals surface area contributed by atoms with Crippen molar-refractivity contribution < 1.29 is 4.79 Å². The molecule has 0 aromatic carbocycles. The molecule has 1 aromatic rings. The van der Waals surface area contributed by atoms with Gasteiger partial charge < -0.3 is 0 Å². The van der Waals surface area contributed by atoms with E-state index in [-0.39, 0.29) is 16.9 Å². The maximum Gasteiger partial charge on any atom is 0.354 e. The van der Waals surface area contributed by atoms with Crippen LogP contribution < -0.4 is 5.69 Å². The number of halogens is 3. The van der Waals surface area contributed by atoms with Gasteiger partial charge in [0.25, 0.3) is 0 Å². The average molecular weight is 297 g/mol.